The van der Waals surface area contributed by atoms with Gasteiger partial charge in [-0.05, 0) is 45.0 Å². The van der Waals surface area contributed by atoms with Crippen molar-refractivity contribution in [3.8, 4) is 33.4 Å². The Labute approximate surface area is 198 Å². The fourth-order valence-corrected chi connectivity index (χ4v) is 5.27. The molecule has 0 radical (unpaired) electrons. The molecule has 0 heterocycles. The second kappa shape index (κ2) is 8.13. The Morgan fingerprint density at radius 1 is 0.588 bits per heavy atom. The largest absolute Gasteiger partial charge is 0.285 e. The quantitative estimate of drug-likeness (QED) is 0.206. The Balaban J connectivity index is 1.79. The van der Waals surface area contributed by atoms with Gasteiger partial charge >= 0.3 is 0 Å². The van der Waals surface area contributed by atoms with Crippen LogP contribution in [-0.4, -0.2) is 4.92 Å². The number of nitro groups is 1. The topological polar surface area (TPSA) is 43.1 Å². The van der Waals surface area contributed by atoms with Crippen molar-refractivity contribution in [3.05, 3.63) is 148 Å². The second-order valence-electron chi connectivity index (χ2n) is 8.53. The molecule has 0 saturated carbocycles. The minimum Gasteiger partial charge on any atom is -0.258 e. The van der Waals surface area contributed by atoms with Crippen molar-refractivity contribution in [2.45, 2.75) is 5.92 Å². The lowest BCUT2D eigenvalue weighted by Gasteiger charge is -2.20. The third kappa shape index (κ3) is 3.13. The molecular formula is C31H21NO2. The van der Waals surface area contributed by atoms with Gasteiger partial charge in [0.15, 0.2) is 0 Å². The van der Waals surface area contributed by atoms with Crippen molar-refractivity contribution in [1.82, 2.24) is 0 Å². The lowest BCUT2D eigenvalue weighted by Crippen LogP contribution is -2.03. The van der Waals surface area contributed by atoms with E-state index >= 15 is 0 Å². The number of nitro benzene ring substituents is 1. The highest BCUT2D eigenvalue weighted by Crippen LogP contribution is 2.57. The highest BCUT2D eigenvalue weighted by atomic mass is 16.6. The van der Waals surface area contributed by atoms with Gasteiger partial charge in [-0.1, -0.05) is 115 Å². The highest BCUT2D eigenvalue weighted by molar-refractivity contribution is 5.99. The molecule has 0 aromatic heterocycles. The van der Waals surface area contributed by atoms with Crippen LogP contribution in [0.3, 0.4) is 0 Å². The first-order valence-corrected chi connectivity index (χ1v) is 11.3. The maximum atomic E-state index is 12.7. The van der Waals surface area contributed by atoms with Crippen molar-refractivity contribution in [2.24, 2.45) is 0 Å². The van der Waals surface area contributed by atoms with E-state index in [1.807, 2.05) is 91.0 Å². The van der Waals surface area contributed by atoms with E-state index in [-0.39, 0.29) is 16.5 Å². The molecule has 0 spiro atoms. The third-order valence-corrected chi connectivity index (χ3v) is 6.65. The first kappa shape index (κ1) is 20.1. The Bertz CT molecular complexity index is 1510. The summed E-state index contributed by atoms with van der Waals surface area (Å²) in [7, 11) is 0. The van der Waals surface area contributed by atoms with E-state index in [1.54, 1.807) is 0 Å². The zero-order valence-corrected chi connectivity index (χ0v) is 18.4. The summed E-state index contributed by atoms with van der Waals surface area (Å²) in [6, 6.07) is 40.3. The Kier molecular flexibility index (Phi) is 4.81. The summed E-state index contributed by atoms with van der Waals surface area (Å²) < 4.78 is 0. The summed E-state index contributed by atoms with van der Waals surface area (Å²) in [6.07, 6.45) is 0. The first-order chi connectivity index (χ1) is 16.7. The molecule has 34 heavy (non-hydrogen) atoms. The molecule has 1 aliphatic rings. The molecule has 5 aromatic carbocycles. The SMILES string of the molecule is O=[N+]([O-])c1c(-c2ccccc2)cc(-c2ccccc2)c2c1-c1ccccc1C2c1ccccc1. The van der Waals surface area contributed by atoms with E-state index in [0.29, 0.717) is 5.56 Å². The van der Waals surface area contributed by atoms with Crippen LogP contribution in [0.15, 0.2) is 121 Å². The van der Waals surface area contributed by atoms with Crippen LogP contribution in [0.1, 0.15) is 22.6 Å². The molecule has 0 bridgehead atoms. The highest BCUT2D eigenvalue weighted by Gasteiger charge is 2.39. The van der Waals surface area contributed by atoms with Gasteiger partial charge in [-0.15, -0.1) is 0 Å². The smallest absolute Gasteiger partial charge is 0.258 e. The number of rotatable bonds is 4. The number of hydrogen-bond donors (Lipinski definition) is 0. The van der Waals surface area contributed by atoms with Crippen LogP contribution in [0.2, 0.25) is 0 Å². The van der Waals surface area contributed by atoms with Gasteiger partial charge < -0.3 is 0 Å². The maximum absolute atomic E-state index is 12.7. The normalized spacial score (nSPS) is 13.8. The monoisotopic (exact) mass is 439 g/mol. The minimum absolute atomic E-state index is 0.0777. The summed E-state index contributed by atoms with van der Waals surface area (Å²) in [6.45, 7) is 0. The van der Waals surface area contributed by atoms with E-state index in [2.05, 4.69) is 30.3 Å². The van der Waals surface area contributed by atoms with Crippen molar-refractivity contribution in [3.63, 3.8) is 0 Å². The van der Waals surface area contributed by atoms with Crippen LogP contribution in [0.25, 0.3) is 33.4 Å². The molecule has 3 heteroatoms. The summed E-state index contributed by atoms with van der Waals surface area (Å²) in [4.78, 5) is 12.5. The number of benzene rings is 5. The third-order valence-electron chi connectivity index (χ3n) is 6.65. The van der Waals surface area contributed by atoms with Gasteiger partial charge in [-0.3, -0.25) is 10.1 Å². The lowest BCUT2D eigenvalue weighted by molar-refractivity contribution is -0.383. The van der Waals surface area contributed by atoms with Crippen molar-refractivity contribution in [1.29, 1.82) is 0 Å². The van der Waals surface area contributed by atoms with Gasteiger partial charge in [0.05, 0.1) is 16.1 Å². The zero-order chi connectivity index (χ0) is 23.1. The average molecular weight is 440 g/mol. The minimum atomic E-state index is -0.208. The van der Waals surface area contributed by atoms with Crippen LogP contribution in [0.4, 0.5) is 5.69 Å². The van der Waals surface area contributed by atoms with Gasteiger partial charge in [0, 0.05) is 5.92 Å². The maximum Gasteiger partial charge on any atom is 0.285 e. The van der Waals surface area contributed by atoms with Gasteiger partial charge in [-0.2, -0.15) is 0 Å². The van der Waals surface area contributed by atoms with E-state index in [1.165, 1.54) is 0 Å². The molecule has 0 aliphatic heterocycles. The number of fused-ring (bicyclic) bond motifs is 3. The molecule has 0 saturated heterocycles. The molecule has 1 atom stereocenters. The Morgan fingerprint density at radius 2 is 1.12 bits per heavy atom. The fraction of sp³-hybridized carbons (Fsp3) is 0.0323. The van der Waals surface area contributed by atoms with E-state index in [4.69, 9.17) is 0 Å². The molecule has 162 valence electrons. The van der Waals surface area contributed by atoms with Gasteiger partial charge in [0.25, 0.3) is 5.69 Å². The van der Waals surface area contributed by atoms with Crippen LogP contribution in [0.5, 0.6) is 0 Å². The molecule has 0 N–H and O–H groups in total. The fourth-order valence-electron chi connectivity index (χ4n) is 5.27. The summed E-state index contributed by atoms with van der Waals surface area (Å²) >= 11 is 0. The Morgan fingerprint density at radius 3 is 1.74 bits per heavy atom. The van der Waals surface area contributed by atoms with Crippen LogP contribution < -0.4 is 0 Å². The van der Waals surface area contributed by atoms with Gasteiger partial charge in [-0.25, -0.2) is 0 Å². The van der Waals surface area contributed by atoms with E-state index < -0.39 is 0 Å². The lowest BCUT2D eigenvalue weighted by atomic mass is 9.83. The molecule has 6 rings (SSSR count). The average Bonchev–Trinajstić information content (AvgIpc) is 3.24. The summed E-state index contributed by atoms with van der Waals surface area (Å²) in [5.41, 5.74) is 8.66. The molecule has 0 amide bonds. The number of nitrogens with zero attached hydrogens (tertiary/aromatic N) is 1. The standard InChI is InChI=1S/C31H21NO2/c33-32(34)31-27(22-14-6-2-7-15-22)20-26(21-12-4-1-5-13-21)29-28(23-16-8-3-9-17-23)24-18-10-11-19-25(24)30(29)31/h1-20,28H. The molecule has 5 aromatic rings. The molecular weight excluding hydrogens is 418 g/mol. The molecule has 1 unspecified atom stereocenters. The van der Waals surface area contributed by atoms with Crippen LogP contribution >= 0.6 is 0 Å². The van der Waals surface area contributed by atoms with Crippen LogP contribution in [0, 0.1) is 10.1 Å². The molecule has 1 aliphatic carbocycles. The summed E-state index contributed by atoms with van der Waals surface area (Å²) in [5, 5.41) is 12.7. The van der Waals surface area contributed by atoms with E-state index in [9.17, 15) is 10.1 Å². The van der Waals surface area contributed by atoms with Gasteiger partial charge in [0.2, 0.25) is 0 Å². The predicted molar refractivity (Wildman–Crippen MR) is 137 cm³/mol. The first-order valence-electron chi connectivity index (χ1n) is 11.3. The van der Waals surface area contributed by atoms with Crippen molar-refractivity contribution >= 4 is 5.69 Å². The number of hydrogen-bond acceptors (Lipinski definition) is 2. The summed E-state index contributed by atoms with van der Waals surface area (Å²) in [5.74, 6) is -0.0777. The van der Waals surface area contributed by atoms with Crippen molar-refractivity contribution in [2.75, 3.05) is 0 Å². The van der Waals surface area contributed by atoms with Crippen LogP contribution in [-0.2, 0) is 0 Å². The van der Waals surface area contributed by atoms with Gasteiger partial charge in [0.1, 0.15) is 0 Å². The molecule has 0 fully saturated rings. The predicted octanol–water partition coefficient (Wildman–Crippen LogP) is 8.09. The Hall–Kier alpha value is -4.50. The second-order valence-corrected chi connectivity index (χ2v) is 8.53. The van der Waals surface area contributed by atoms with Crippen molar-refractivity contribution < 1.29 is 4.92 Å². The zero-order valence-electron chi connectivity index (χ0n) is 18.4. The van der Waals surface area contributed by atoms with E-state index in [0.717, 1.165) is 44.5 Å². The molecule has 3 nitrogen and oxygen atoms in total.